The molecule has 5 nitrogen and oxygen atoms in total. The number of unbranched alkanes of at least 4 members (excludes halogenated alkanes) is 3. The Morgan fingerprint density at radius 1 is 1.07 bits per heavy atom. The minimum Gasteiger partial charge on any atom is -0.453 e. The first-order chi connectivity index (χ1) is 14.7. The maximum absolute atomic E-state index is 12.8. The summed E-state index contributed by atoms with van der Waals surface area (Å²) in [6.45, 7) is 3.74. The minimum absolute atomic E-state index is 0.230. The van der Waals surface area contributed by atoms with Crippen LogP contribution in [0, 0.1) is 0 Å². The molecule has 1 fully saturated rings. The molecule has 30 heavy (non-hydrogen) atoms. The van der Waals surface area contributed by atoms with Crippen molar-refractivity contribution in [1.29, 1.82) is 0 Å². The number of amides is 1. The third kappa shape index (κ3) is 3.49. The van der Waals surface area contributed by atoms with Crippen LogP contribution < -0.4 is 0 Å². The van der Waals surface area contributed by atoms with Gasteiger partial charge in [-0.3, -0.25) is 4.90 Å². The summed E-state index contributed by atoms with van der Waals surface area (Å²) in [7, 11) is 1.35. The average Bonchev–Trinajstić information content (AvgIpc) is 3.27. The summed E-state index contributed by atoms with van der Waals surface area (Å²) in [5.74, 6) is -0.581. The summed E-state index contributed by atoms with van der Waals surface area (Å²) in [6.07, 6.45) is 5.02. The molecule has 0 aromatic heterocycles. The van der Waals surface area contributed by atoms with Crippen LogP contribution in [0.4, 0.5) is 4.79 Å². The van der Waals surface area contributed by atoms with Gasteiger partial charge in [0.2, 0.25) is 0 Å². The Balaban J connectivity index is 1.65. The van der Waals surface area contributed by atoms with Gasteiger partial charge in [-0.05, 0) is 41.5 Å². The van der Waals surface area contributed by atoms with Gasteiger partial charge < -0.3 is 9.47 Å². The van der Waals surface area contributed by atoms with Crippen LogP contribution >= 0.6 is 0 Å². The number of cyclic esters (lactones) is 1. The minimum atomic E-state index is -0.715. The van der Waals surface area contributed by atoms with E-state index in [-0.39, 0.29) is 11.9 Å². The van der Waals surface area contributed by atoms with Gasteiger partial charge in [0.05, 0.1) is 13.0 Å². The Morgan fingerprint density at radius 3 is 2.30 bits per heavy atom. The standard InChI is InChI=1S/C25H27NO4/c1-3-4-5-6-7-16-21-24(27)30-23(26(21)25(28)29-2)22-19-14-10-8-12-17(19)18-13-9-11-15-20(18)22/h3,8-15,21-23H,1,4-7,16H2,2H3/t21-,23-/m0/s1. The zero-order valence-electron chi connectivity index (χ0n) is 17.3. The zero-order valence-corrected chi connectivity index (χ0v) is 17.3. The Labute approximate surface area is 177 Å². The molecule has 156 valence electrons. The fourth-order valence-corrected chi connectivity index (χ4v) is 4.67. The number of benzene rings is 2. The van der Waals surface area contributed by atoms with Crippen LogP contribution in [0.5, 0.6) is 0 Å². The van der Waals surface area contributed by atoms with Crippen LogP contribution in [0.25, 0.3) is 11.1 Å². The second kappa shape index (κ2) is 8.74. The molecule has 1 aliphatic heterocycles. The number of esters is 1. The van der Waals surface area contributed by atoms with Crippen molar-refractivity contribution in [2.24, 2.45) is 0 Å². The van der Waals surface area contributed by atoms with Gasteiger partial charge >= 0.3 is 12.1 Å². The molecule has 5 heteroatoms. The van der Waals surface area contributed by atoms with Crippen molar-refractivity contribution in [2.45, 2.75) is 50.3 Å². The molecule has 0 unspecified atom stereocenters. The van der Waals surface area contributed by atoms with Crippen LogP contribution in [-0.2, 0) is 14.3 Å². The van der Waals surface area contributed by atoms with Crippen molar-refractivity contribution >= 4 is 12.1 Å². The Kier molecular flexibility index (Phi) is 5.88. The normalized spacial score (nSPS) is 19.9. The van der Waals surface area contributed by atoms with Gasteiger partial charge in [-0.25, -0.2) is 9.59 Å². The largest absolute Gasteiger partial charge is 0.453 e. The summed E-state index contributed by atoms with van der Waals surface area (Å²) in [6, 6.07) is 15.6. The van der Waals surface area contributed by atoms with Gasteiger partial charge in [0.15, 0.2) is 6.23 Å². The molecule has 1 saturated heterocycles. The van der Waals surface area contributed by atoms with Crippen molar-refractivity contribution in [2.75, 3.05) is 7.11 Å². The maximum atomic E-state index is 12.8. The Bertz CT molecular complexity index is 908. The van der Waals surface area contributed by atoms with Crippen molar-refractivity contribution < 1.29 is 19.1 Å². The van der Waals surface area contributed by atoms with E-state index < -0.39 is 18.4 Å². The summed E-state index contributed by atoms with van der Waals surface area (Å²) < 4.78 is 10.9. The van der Waals surface area contributed by atoms with Crippen LogP contribution in [0.1, 0.15) is 49.1 Å². The van der Waals surface area contributed by atoms with E-state index in [0.29, 0.717) is 6.42 Å². The highest BCUT2D eigenvalue weighted by Crippen LogP contribution is 2.49. The first-order valence-electron chi connectivity index (χ1n) is 10.5. The van der Waals surface area contributed by atoms with E-state index in [2.05, 4.69) is 18.7 Å². The lowest BCUT2D eigenvalue weighted by molar-refractivity contribution is -0.143. The van der Waals surface area contributed by atoms with Crippen molar-refractivity contribution in [3.8, 4) is 11.1 Å². The Morgan fingerprint density at radius 2 is 1.70 bits per heavy atom. The van der Waals surface area contributed by atoms with Gasteiger partial charge in [-0.2, -0.15) is 0 Å². The second-order valence-electron chi connectivity index (χ2n) is 7.80. The molecule has 0 bridgehead atoms. The van der Waals surface area contributed by atoms with E-state index in [1.165, 1.54) is 12.0 Å². The summed E-state index contributed by atoms with van der Waals surface area (Å²) in [4.78, 5) is 27.1. The topological polar surface area (TPSA) is 55.8 Å². The van der Waals surface area contributed by atoms with Gasteiger partial charge in [-0.15, -0.1) is 6.58 Å². The predicted octanol–water partition coefficient (Wildman–Crippen LogP) is 5.26. The van der Waals surface area contributed by atoms with E-state index >= 15 is 0 Å². The maximum Gasteiger partial charge on any atom is 0.413 e. The molecular weight excluding hydrogens is 378 g/mol. The third-order valence-corrected chi connectivity index (χ3v) is 6.06. The molecule has 0 N–H and O–H groups in total. The first kappa shape index (κ1) is 20.2. The molecule has 0 spiro atoms. The smallest absolute Gasteiger partial charge is 0.413 e. The summed E-state index contributed by atoms with van der Waals surface area (Å²) in [5.41, 5.74) is 4.37. The van der Waals surface area contributed by atoms with Crippen molar-refractivity contribution in [3.63, 3.8) is 0 Å². The number of carbonyl (C=O) groups is 2. The molecule has 1 amide bonds. The van der Waals surface area contributed by atoms with Crippen LogP contribution in [0.3, 0.4) is 0 Å². The quantitative estimate of drug-likeness (QED) is 0.358. The Hall–Kier alpha value is -3.08. The van der Waals surface area contributed by atoms with Gasteiger partial charge in [-0.1, -0.05) is 67.4 Å². The number of allylic oxidation sites excluding steroid dienone is 1. The highest BCUT2D eigenvalue weighted by molar-refractivity contribution is 5.86. The lowest BCUT2D eigenvalue weighted by Gasteiger charge is -2.29. The number of nitrogens with zero attached hydrogens (tertiary/aromatic N) is 1. The number of methoxy groups -OCH3 is 1. The number of rotatable bonds is 7. The molecule has 0 saturated carbocycles. The SMILES string of the molecule is C=CCCCCC[C@H]1C(=O)O[C@@H](C2c3ccccc3-c3ccccc32)N1C(=O)OC. The molecule has 0 radical (unpaired) electrons. The lowest BCUT2D eigenvalue weighted by Crippen LogP contribution is -2.45. The molecule has 2 aromatic carbocycles. The number of carbonyl (C=O) groups excluding carboxylic acids is 2. The molecule has 4 rings (SSSR count). The second-order valence-corrected chi connectivity index (χ2v) is 7.80. The van der Waals surface area contributed by atoms with Crippen LogP contribution in [0.15, 0.2) is 61.2 Å². The highest BCUT2D eigenvalue weighted by atomic mass is 16.6. The van der Waals surface area contributed by atoms with Crippen LogP contribution in [0.2, 0.25) is 0 Å². The van der Waals surface area contributed by atoms with Gasteiger partial charge in [0.1, 0.15) is 6.04 Å². The summed E-state index contributed by atoms with van der Waals surface area (Å²) >= 11 is 0. The summed E-state index contributed by atoms with van der Waals surface area (Å²) in [5, 5.41) is 0. The zero-order chi connectivity index (χ0) is 21.1. The van der Waals surface area contributed by atoms with Crippen LogP contribution in [-0.4, -0.2) is 36.3 Å². The molecule has 2 aromatic rings. The van der Waals surface area contributed by atoms with E-state index in [9.17, 15) is 9.59 Å². The fourth-order valence-electron chi connectivity index (χ4n) is 4.67. The molecule has 2 aliphatic rings. The van der Waals surface area contributed by atoms with Gasteiger partial charge in [0, 0.05) is 0 Å². The third-order valence-electron chi connectivity index (χ3n) is 6.06. The predicted molar refractivity (Wildman–Crippen MR) is 115 cm³/mol. The van der Waals surface area contributed by atoms with Gasteiger partial charge in [0.25, 0.3) is 0 Å². The molecule has 1 heterocycles. The van der Waals surface area contributed by atoms with E-state index in [4.69, 9.17) is 9.47 Å². The number of hydrogen-bond acceptors (Lipinski definition) is 4. The van der Waals surface area contributed by atoms with Crippen molar-refractivity contribution in [1.82, 2.24) is 4.90 Å². The monoisotopic (exact) mass is 405 g/mol. The number of ether oxygens (including phenoxy) is 2. The number of fused-ring (bicyclic) bond motifs is 3. The average molecular weight is 405 g/mol. The lowest BCUT2D eigenvalue weighted by atomic mass is 9.94. The molecule has 1 aliphatic carbocycles. The highest BCUT2D eigenvalue weighted by Gasteiger charge is 2.51. The van der Waals surface area contributed by atoms with E-state index in [1.54, 1.807) is 0 Å². The fraction of sp³-hybridized carbons (Fsp3) is 0.360. The van der Waals surface area contributed by atoms with Crippen molar-refractivity contribution in [3.05, 3.63) is 72.3 Å². The first-order valence-corrected chi connectivity index (χ1v) is 10.5. The molecule has 2 atom stereocenters. The number of hydrogen-bond donors (Lipinski definition) is 0. The molecular formula is C25H27NO4. The van der Waals surface area contributed by atoms with E-state index in [0.717, 1.165) is 47.9 Å². The van der Waals surface area contributed by atoms with E-state index in [1.807, 2.05) is 42.5 Å².